The molecule has 0 aliphatic heterocycles. The Balaban J connectivity index is 1.67. The lowest BCUT2D eigenvalue weighted by molar-refractivity contribution is -0.121. The van der Waals surface area contributed by atoms with E-state index in [1.165, 1.54) is 6.33 Å². The summed E-state index contributed by atoms with van der Waals surface area (Å²) < 4.78 is 2.75. The highest BCUT2D eigenvalue weighted by Crippen LogP contribution is 2.20. The van der Waals surface area contributed by atoms with Crippen molar-refractivity contribution in [2.45, 2.75) is 46.1 Å². The highest BCUT2D eigenvalue weighted by atomic mass is 79.9. The van der Waals surface area contributed by atoms with Crippen LogP contribution in [0.15, 0.2) is 35.1 Å². The van der Waals surface area contributed by atoms with Crippen molar-refractivity contribution in [2.75, 3.05) is 0 Å². The first-order chi connectivity index (χ1) is 12.5. The fourth-order valence-electron chi connectivity index (χ4n) is 3.14. The molecule has 2 heterocycles. The number of benzene rings is 1. The topological polar surface area (TPSA) is 72.2 Å². The van der Waals surface area contributed by atoms with E-state index in [1.807, 2.05) is 38.1 Å². The molecule has 6 nitrogen and oxygen atoms in total. The third-order valence-corrected chi connectivity index (χ3v) is 5.14. The number of aryl methyl sites for hydroxylation is 2. The van der Waals surface area contributed by atoms with Crippen molar-refractivity contribution in [3.63, 3.8) is 0 Å². The second kappa shape index (κ2) is 7.95. The molecule has 2 aromatic heterocycles. The van der Waals surface area contributed by atoms with Crippen LogP contribution in [0.25, 0.3) is 5.78 Å². The fourth-order valence-corrected chi connectivity index (χ4v) is 3.40. The van der Waals surface area contributed by atoms with E-state index >= 15 is 0 Å². The van der Waals surface area contributed by atoms with Crippen LogP contribution in [0.4, 0.5) is 0 Å². The molecule has 0 unspecified atom stereocenters. The molecule has 0 bridgehead atoms. The molecule has 0 spiro atoms. The number of carbonyl (C=O) groups is 1. The van der Waals surface area contributed by atoms with Crippen molar-refractivity contribution < 1.29 is 4.79 Å². The molecule has 1 amide bonds. The van der Waals surface area contributed by atoms with Crippen LogP contribution in [0.1, 0.15) is 48.3 Å². The average molecular weight is 416 g/mol. The number of hydrogen-bond acceptors (Lipinski definition) is 4. The van der Waals surface area contributed by atoms with Gasteiger partial charge in [0.2, 0.25) is 5.91 Å². The standard InChI is InChI=1S/C19H22BrN5O/c1-4-17(14-5-7-15(20)8-6-14)24-18(26)10-9-16-12(2)23-19-21-11-22-25(19)13(16)3/h5-8,11,17H,4,9-10H2,1-3H3,(H,24,26)/t17-/m1/s1. The van der Waals surface area contributed by atoms with Crippen LogP contribution >= 0.6 is 15.9 Å². The quantitative estimate of drug-likeness (QED) is 0.665. The molecule has 7 heteroatoms. The van der Waals surface area contributed by atoms with Crippen LogP contribution in [0.3, 0.4) is 0 Å². The van der Waals surface area contributed by atoms with Gasteiger partial charge in [0.05, 0.1) is 6.04 Å². The second-order valence-corrected chi connectivity index (χ2v) is 7.23. The van der Waals surface area contributed by atoms with Crippen molar-refractivity contribution in [1.82, 2.24) is 24.9 Å². The number of aromatic nitrogens is 4. The molecule has 1 atom stereocenters. The van der Waals surface area contributed by atoms with Gasteiger partial charge in [0.25, 0.3) is 5.78 Å². The molecule has 136 valence electrons. The van der Waals surface area contributed by atoms with Gasteiger partial charge < -0.3 is 5.32 Å². The van der Waals surface area contributed by atoms with Crippen LogP contribution in [-0.4, -0.2) is 25.5 Å². The molecule has 1 aromatic carbocycles. The van der Waals surface area contributed by atoms with Crippen molar-refractivity contribution >= 4 is 27.6 Å². The summed E-state index contributed by atoms with van der Waals surface area (Å²) in [5, 5.41) is 7.33. The van der Waals surface area contributed by atoms with Crippen LogP contribution in [0.2, 0.25) is 0 Å². The van der Waals surface area contributed by atoms with E-state index in [0.717, 1.165) is 33.4 Å². The van der Waals surface area contributed by atoms with Crippen molar-refractivity contribution in [1.29, 1.82) is 0 Å². The number of amides is 1. The number of hydrogen-bond donors (Lipinski definition) is 1. The van der Waals surface area contributed by atoms with Crippen LogP contribution < -0.4 is 5.32 Å². The lowest BCUT2D eigenvalue weighted by Crippen LogP contribution is -2.28. The lowest BCUT2D eigenvalue weighted by atomic mass is 10.0. The smallest absolute Gasteiger partial charge is 0.252 e. The Bertz CT molecular complexity index is 920. The summed E-state index contributed by atoms with van der Waals surface area (Å²) in [5.74, 6) is 0.631. The highest BCUT2D eigenvalue weighted by molar-refractivity contribution is 9.10. The van der Waals surface area contributed by atoms with E-state index in [9.17, 15) is 4.79 Å². The van der Waals surface area contributed by atoms with Crippen molar-refractivity contribution in [2.24, 2.45) is 0 Å². The minimum absolute atomic E-state index is 0.0220. The number of rotatable bonds is 6. The molecule has 0 saturated carbocycles. The maximum atomic E-state index is 12.5. The Labute approximate surface area is 161 Å². The molecule has 0 aliphatic rings. The average Bonchev–Trinajstić information content (AvgIpc) is 3.09. The Morgan fingerprint density at radius 2 is 2.00 bits per heavy atom. The molecule has 3 aromatic rings. The first-order valence-corrected chi connectivity index (χ1v) is 9.49. The summed E-state index contributed by atoms with van der Waals surface area (Å²) in [6.07, 6.45) is 3.38. The van der Waals surface area contributed by atoms with Crippen LogP contribution in [0, 0.1) is 13.8 Å². The Kier molecular flexibility index (Phi) is 5.66. The minimum atomic E-state index is 0.0220. The summed E-state index contributed by atoms with van der Waals surface area (Å²) in [6.45, 7) is 6.01. The van der Waals surface area contributed by atoms with Gasteiger partial charge in [0.15, 0.2) is 0 Å². The molecule has 0 radical (unpaired) electrons. The molecular formula is C19H22BrN5O. The van der Waals surface area contributed by atoms with Gasteiger partial charge >= 0.3 is 0 Å². The van der Waals surface area contributed by atoms with Gasteiger partial charge in [-0.05, 0) is 49.9 Å². The fraction of sp³-hybridized carbons (Fsp3) is 0.368. The Hall–Kier alpha value is -2.28. The molecule has 0 saturated heterocycles. The molecule has 26 heavy (non-hydrogen) atoms. The van der Waals surface area contributed by atoms with Gasteiger partial charge in [-0.15, -0.1) is 0 Å². The zero-order chi connectivity index (χ0) is 18.7. The van der Waals surface area contributed by atoms with Crippen LogP contribution in [-0.2, 0) is 11.2 Å². The monoisotopic (exact) mass is 415 g/mol. The maximum absolute atomic E-state index is 12.5. The van der Waals surface area contributed by atoms with Gasteiger partial charge in [-0.1, -0.05) is 35.0 Å². The SMILES string of the molecule is CC[C@@H](NC(=O)CCc1c(C)nc2ncnn2c1C)c1ccc(Br)cc1. The van der Waals surface area contributed by atoms with E-state index in [1.54, 1.807) is 4.52 Å². The number of carbonyl (C=O) groups excluding carboxylic acids is 1. The molecule has 3 rings (SSSR count). The third kappa shape index (κ3) is 3.93. The third-order valence-electron chi connectivity index (χ3n) is 4.61. The summed E-state index contributed by atoms with van der Waals surface area (Å²) in [6, 6.07) is 8.09. The highest BCUT2D eigenvalue weighted by Gasteiger charge is 2.15. The van der Waals surface area contributed by atoms with E-state index in [2.05, 4.69) is 43.2 Å². The van der Waals surface area contributed by atoms with Gasteiger partial charge in [-0.25, -0.2) is 9.50 Å². The normalized spacial score (nSPS) is 12.3. The molecular weight excluding hydrogens is 394 g/mol. The summed E-state index contributed by atoms with van der Waals surface area (Å²) in [4.78, 5) is 21.1. The minimum Gasteiger partial charge on any atom is -0.349 e. The van der Waals surface area contributed by atoms with E-state index in [-0.39, 0.29) is 11.9 Å². The predicted octanol–water partition coefficient (Wildman–Crippen LogP) is 3.70. The van der Waals surface area contributed by atoms with Gasteiger partial charge in [-0.3, -0.25) is 4.79 Å². The van der Waals surface area contributed by atoms with Crippen molar-refractivity contribution in [3.05, 3.63) is 57.6 Å². The maximum Gasteiger partial charge on any atom is 0.252 e. The summed E-state index contributed by atoms with van der Waals surface area (Å²) in [7, 11) is 0. The number of halogens is 1. The van der Waals surface area contributed by atoms with Gasteiger partial charge in [0, 0.05) is 22.3 Å². The lowest BCUT2D eigenvalue weighted by Gasteiger charge is -2.18. The Morgan fingerprint density at radius 1 is 1.27 bits per heavy atom. The molecule has 0 aliphatic carbocycles. The Morgan fingerprint density at radius 3 is 2.69 bits per heavy atom. The predicted molar refractivity (Wildman–Crippen MR) is 104 cm³/mol. The van der Waals surface area contributed by atoms with Crippen LogP contribution in [0.5, 0.6) is 0 Å². The first kappa shape index (κ1) is 18.5. The van der Waals surface area contributed by atoms with Gasteiger partial charge in [0.1, 0.15) is 6.33 Å². The first-order valence-electron chi connectivity index (χ1n) is 8.70. The zero-order valence-electron chi connectivity index (χ0n) is 15.2. The molecule has 0 fully saturated rings. The van der Waals surface area contributed by atoms with E-state index in [0.29, 0.717) is 18.6 Å². The van der Waals surface area contributed by atoms with E-state index < -0.39 is 0 Å². The largest absolute Gasteiger partial charge is 0.349 e. The zero-order valence-corrected chi connectivity index (χ0v) is 16.7. The second-order valence-electron chi connectivity index (χ2n) is 6.31. The van der Waals surface area contributed by atoms with Gasteiger partial charge in [-0.2, -0.15) is 10.1 Å². The number of fused-ring (bicyclic) bond motifs is 1. The molecule has 1 N–H and O–H groups in total. The number of nitrogens with one attached hydrogen (secondary N) is 1. The summed E-state index contributed by atoms with van der Waals surface area (Å²) >= 11 is 3.44. The van der Waals surface area contributed by atoms with Crippen molar-refractivity contribution in [3.8, 4) is 0 Å². The van der Waals surface area contributed by atoms with E-state index in [4.69, 9.17) is 0 Å². The number of nitrogens with zero attached hydrogens (tertiary/aromatic N) is 4. The summed E-state index contributed by atoms with van der Waals surface area (Å²) in [5.41, 5.74) is 4.05.